The molecule has 17 heteroatoms. The highest BCUT2D eigenvalue weighted by molar-refractivity contribution is 6.00. The lowest BCUT2D eigenvalue weighted by atomic mass is 10.0. The van der Waals surface area contributed by atoms with Crippen LogP contribution in [0.25, 0.3) is 10.8 Å². The Balaban J connectivity index is 1.61. The third kappa shape index (κ3) is 17.1. The quantitative estimate of drug-likeness (QED) is 0.0634. The lowest BCUT2D eigenvalue weighted by Gasteiger charge is -2.26. The number of amides is 4. The van der Waals surface area contributed by atoms with Crippen LogP contribution < -0.4 is 26.0 Å². The number of anilines is 1. The molecule has 0 aliphatic carbocycles. The van der Waals surface area contributed by atoms with Gasteiger partial charge >= 0.3 is 24.4 Å². The fraction of sp³-hybridized carbons (Fsp3) is 0.378. The summed E-state index contributed by atoms with van der Waals surface area (Å²) in [5.74, 6) is -4.99. The van der Waals surface area contributed by atoms with Gasteiger partial charge in [0.1, 0.15) is 41.7 Å². The van der Waals surface area contributed by atoms with Crippen LogP contribution in [0.2, 0.25) is 0 Å². The molecule has 4 amide bonds. The van der Waals surface area contributed by atoms with Crippen LogP contribution in [0.3, 0.4) is 0 Å². The molecule has 0 radical (unpaired) electrons. The summed E-state index contributed by atoms with van der Waals surface area (Å²) in [5, 5.41) is 11.9. The van der Waals surface area contributed by atoms with Crippen molar-refractivity contribution in [2.45, 2.75) is 110 Å². The molecule has 62 heavy (non-hydrogen) atoms. The normalized spacial score (nSPS) is 13.1. The third-order valence-corrected chi connectivity index (χ3v) is 8.54. The molecule has 0 bridgehead atoms. The Morgan fingerprint density at radius 3 is 1.81 bits per heavy atom. The lowest BCUT2D eigenvalue weighted by Crippen LogP contribution is -2.57. The number of ether oxygens (including phenoxy) is 4. The van der Waals surface area contributed by atoms with Crippen LogP contribution in [0.5, 0.6) is 5.75 Å². The number of esters is 2. The van der Waals surface area contributed by atoms with Gasteiger partial charge in [0.15, 0.2) is 0 Å². The maximum atomic E-state index is 14.2. The molecule has 3 atom stereocenters. The van der Waals surface area contributed by atoms with E-state index in [9.17, 15) is 41.9 Å². The van der Waals surface area contributed by atoms with Gasteiger partial charge in [0.2, 0.25) is 17.7 Å². The smallest absolute Gasteiger partial charge is 0.460 e. The molecule has 0 aliphatic rings. The fourth-order valence-corrected chi connectivity index (χ4v) is 5.91. The molecule has 0 saturated carbocycles. The first kappa shape index (κ1) is 48.0. The van der Waals surface area contributed by atoms with Crippen LogP contribution in [-0.4, -0.2) is 71.4 Å². The molecular weight excluding hydrogens is 814 g/mol. The third-order valence-electron chi connectivity index (χ3n) is 8.54. The average molecular weight is 865 g/mol. The van der Waals surface area contributed by atoms with Crippen molar-refractivity contribution in [2.24, 2.45) is 0 Å². The van der Waals surface area contributed by atoms with Crippen molar-refractivity contribution in [3.8, 4) is 5.75 Å². The number of hydrogen-bond acceptors (Lipinski definition) is 10. The Hall–Kier alpha value is -6.65. The van der Waals surface area contributed by atoms with E-state index in [0.29, 0.717) is 11.1 Å². The van der Waals surface area contributed by atoms with Gasteiger partial charge in [-0.05, 0) is 94.1 Å². The van der Waals surface area contributed by atoms with Crippen molar-refractivity contribution in [2.75, 3.05) is 5.32 Å². The van der Waals surface area contributed by atoms with Crippen LogP contribution in [0.4, 0.5) is 23.7 Å². The van der Waals surface area contributed by atoms with E-state index in [1.54, 1.807) is 77.9 Å². The first-order valence-electron chi connectivity index (χ1n) is 19.7. The molecule has 0 unspecified atom stereocenters. The first-order chi connectivity index (χ1) is 29.0. The second-order valence-corrected chi connectivity index (χ2v) is 16.2. The molecule has 4 N–H and O–H groups in total. The van der Waals surface area contributed by atoms with E-state index in [-0.39, 0.29) is 31.6 Å². The zero-order valence-electron chi connectivity index (χ0n) is 35.2. The zero-order chi connectivity index (χ0) is 45.7. The highest BCUT2D eigenvalue weighted by atomic mass is 19.4. The molecule has 0 aliphatic heterocycles. The molecule has 0 fully saturated rings. The van der Waals surface area contributed by atoms with Crippen molar-refractivity contribution in [3.63, 3.8) is 0 Å². The van der Waals surface area contributed by atoms with Crippen LogP contribution in [0.1, 0.15) is 71.9 Å². The molecule has 332 valence electrons. The van der Waals surface area contributed by atoms with Gasteiger partial charge in [-0.25, -0.2) is 4.79 Å². The number of alkyl halides is 3. The maximum Gasteiger partial charge on any atom is 0.573 e. The van der Waals surface area contributed by atoms with E-state index in [1.807, 2.05) is 36.4 Å². The van der Waals surface area contributed by atoms with E-state index in [2.05, 4.69) is 26.0 Å². The lowest BCUT2D eigenvalue weighted by molar-refractivity contribution is -0.274. The summed E-state index contributed by atoms with van der Waals surface area (Å²) in [6.45, 7) is 9.60. The van der Waals surface area contributed by atoms with Gasteiger partial charge in [0, 0.05) is 18.5 Å². The number of benzene rings is 4. The van der Waals surface area contributed by atoms with Gasteiger partial charge < -0.3 is 40.2 Å². The summed E-state index contributed by atoms with van der Waals surface area (Å²) in [7, 11) is 0. The first-order valence-corrected chi connectivity index (χ1v) is 19.7. The van der Waals surface area contributed by atoms with E-state index in [4.69, 9.17) is 14.2 Å². The van der Waals surface area contributed by atoms with Crippen molar-refractivity contribution < 1.29 is 60.9 Å². The van der Waals surface area contributed by atoms with E-state index in [1.165, 1.54) is 0 Å². The van der Waals surface area contributed by atoms with Gasteiger partial charge in [-0.3, -0.25) is 24.0 Å². The minimum Gasteiger partial charge on any atom is -0.460 e. The predicted octanol–water partition coefficient (Wildman–Crippen LogP) is 7.04. The van der Waals surface area contributed by atoms with E-state index < -0.39 is 83.6 Å². The zero-order valence-corrected chi connectivity index (χ0v) is 35.2. The predicted molar refractivity (Wildman–Crippen MR) is 222 cm³/mol. The molecule has 0 saturated heterocycles. The summed E-state index contributed by atoms with van der Waals surface area (Å²) in [6.07, 6.45) is -7.41. The fourth-order valence-electron chi connectivity index (χ4n) is 5.91. The Labute approximate surface area is 357 Å². The van der Waals surface area contributed by atoms with Crippen LogP contribution in [0.15, 0.2) is 97.1 Å². The second kappa shape index (κ2) is 21.2. The van der Waals surface area contributed by atoms with Gasteiger partial charge in [-0.15, -0.1) is 13.2 Å². The largest absolute Gasteiger partial charge is 0.573 e. The standard InChI is InChI=1S/C45H51F3N4O10/c1-43(2,3)61-37(53)23-22-34(39(55)49-32-18-20-33(21-19-32)60-45(46,47)48)50-41(57)36(26-38(54)62-44(4,5)6)51-40(56)35(52-42(58)59-27-28-12-8-7-9-13-28)25-29-16-17-30-14-10-11-15-31(30)24-29/h7-21,24,34-36H,22-23,25-27H2,1-6H3,(H,49,55)(H,50,57)(H,51,56)(H,52,58)/t34-,35-,36-/m0/s1. The van der Waals surface area contributed by atoms with Crippen LogP contribution in [0, 0.1) is 0 Å². The number of hydrogen-bond donors (Lipinski definition) is 4. The van der Waals surface area contributed by atoms with Crippen molar-refractivity contribution in [1.82, 2.24) is 16.0 Å². The summed E-state index contributed by atoms with van der Waals surface area (Å²) < 4.78 is 58.3. The maximum absolute atomic E-state index is 14.2. The molecule has 4 aromatic rings. The van der Waals surface area contributed by atoms with Gasteiger partial charge in [-0.1, -0.05) is 72.8 Å². The average Bonchev–Trinajstić information content (AvgIpc) is 3.17. The van der Waals surface area contributed by atoms with E-state index >= 15 is 0 Å². The minimum absolute atomic E-state index is 0.0152. The summed E-state index contributed by atoms with van der Waals surface area (Å²) in [5.41, 5.74) is -0.544. The monoisotopic (exact) mass is 864 g/mol. The number of rotatable bonds is 17. The Kier molecular flexibility index (Phi) is 16.4. The SMILES string of the molecule is CC(C)(C)OC(=O)CC[C@H](NC(=O)[C@H](CC(=O)OC(C)(C)C)NC(=O)[C@H](Cc1ccc2ccccc2c1)NC(=O)OCc1ccccc1)C(=O)Nc1ccc(OC(F)(F)F)cc1. The molecule has 0 aromatic heterocycles. The Morgan fingerprint density at radius 1 is 0.597 bits per heavy atom. The van der Waals surface area contributed by atoms with E-state index in [0.717, 1.165) is 35.0 Å². The van der Waals surface area contributed by atoms with Crippen molar-refractivity contribution in [3.05, 3.63) is 108 Å². The molecule has 0 heterocycles. The highest BCUT2D eigenvalue weighted by Crippen LogP contribution is 2.24. The second-order valence-electron chi connectivity index (χ2n) is 16.2. The van der Waals surface area contributed by atoms with Gasteiger partial charge in [-0.2, -0.15) is 0 Å². The number of carbonyl (C=O) groups is 6. The van der Waals surface area contributed by atoms with Crippen LogP contribution >= 0.6 is 0 Å². The summed E-state index contributed by atoms with van der Waals surface area (Å²) in [4.78, 5) is 81.1. The molecular formula is C45H51F3N4O10. The number of nitrogens with one attached hydrogen (secondary N) is 4. The Bertz CT molecular complexity index is 2190. The van der Waals surface area contributed by atoms with Gasteiger partial charge in [0.25, 0.3) is 0 Å². The minimum atomic E-state index is -4.95. The molecule has 4 aromatic carbocycles. The van der Waals surface area contributed by atoms with Crippen molar-refractivity contribution >= 4 is 52.2 Å². The topological polar surface area (TPSA) is 187 Å². The highest BCUT2D eigenvalue weighted by Gasteiger charge is 2.34. The molecule has 4 rings (SSSR count). The van der Waals surface area contributed by atoms with Crippen molar-refractivity contribution in [1.29, 1.82) is 0 Å². The van der Waals surface area contributed by atoms with Crippen LogP contribution in [-0.2, 0) is 51.2 Å². The molecule has 0 spiro atoms. The number of halogens is 3. The number of carbonyl (C=O) groups excluding carboxylic acids is 6. The Morgan fingerprint density at radius 2 is 1.18 bits per heavy atom. The molecule has 14 nitrogen and oxygen atoms in total. The van der Waals surface area contributed by atoms with Gasteiger partial charge in [0.05, 0.1) is 6.42 Å². The number of fused-ring (bicyclic) bond motifs is 1. The number of alkyl carbamates (subject to hydrolysis) is 1. The summed E-state index contributed by atoms with van der Waals surface area (Å²) >= 11 is 0. The summed E-state index contributed by atoms with van der Waals surface area (Å²) in [6, 6.07) is 21.4.